The predicted molar refractivity (Wildman–Crippen MR) is 51.3 cm³/mol. The zero-order valence-electron chi connectivity index (χ0n) is 7.82. The fraction of sp³-hybridized carbons (Fsp3) is 0.333. The van der Waals surface area contributed by atoms with E-state index in [1.165, 1.54) is 0 Å². The maximum absolute atomic E-state index is 11.5. The minimum Gasteiger partial charge on any atom is -0.396 e. The number of H-pyrrole nitrogens is 1. The van der Waals surface area contributed by atoms with Gasteiger partial charge >= 0.3 is 0 Å². The first-order valence-corrected chi connectivity index (χ1v) is 4.40. The van der Waals surface area contributed by atoms with Crippen LogP contribution in [0.3, 0.4) is 0 Å². The van der Waals surface area contributed by atoms with E-state index < -0.39 is 0 Å². The monoisotopic (exact) mass is 193 g/mol. The van der Waals surface area contributed by atoms with Gasteiger partial charge in [-0.1, -0.05) is 0 Å². The molecule has 14 heavy (non-hydrogen) atoms. The second kappa shape index (κ2) is 3.26. The van der Waals surface area contributed by atoms with Crippen LogP contribution in [0.25, 0.3) is 5.65 Å². The Morgan fingerprint density at radius 1 is 1.64 bits per heavy atom. The van der Waals surface area contributed by atoms with Crippen molar-refractivity contribution >= 4 is 5.65 Å². The fourth-order valence-electron chi connectivity index (χ4n) is 1.56. The molecule has 0 saturated carbocycles. The molecular weight excluding hydrogens is 182 g/mol. The van der Waals surface area contributed by atoms with Crippen molar-refractivity contribution < 1.29 is 5.11 Å². The van der Waals surface area contributed by atoms with E-state index in [0.29, 0.717) is 17.6 Å². The lowest BCUT2D eigenvalue weighted by molar-refractivity contribution is 0.298. The quantitative estimate of drug-likeness (QED) is 0.697. The van der Waals surface area contributed by atoms with Crippen LogP contribution in [0, 0.1) is 6.92 Å². The summed E-state index contributed by atoms with van der Waals surface area (Å²) in [6, 6.07) is 1.73. The van der Waals surface area contributed by atoms with Gasteiger partial charge in [-0.2, -0.15) is 5.10 Å². The van der Waals surface area contributed by atoms with Gasteiger partial charge < -0.3 is 10.1 Å². The average molecular weight is 193 g/mol. The topological polar surface area (TPSA) is 70.4 Å². The third-order valence-electron chi connectivity index (χ3n) is 2.27. The summed E-state index contributed by atoms with van der Waals surface area (Å²) in [4.78, 5) is 14.2. The van der Waals surface area contributed by atoms with Crippen molar-refractivity contribution in [2.75, 3.05) is 6.61 Å². The van der Waals surface area contributed by atoms with Crippen molar-refractivity contribution in [3.8, 4) is 0 Å². The van der Waals surface area contributed by atoms with Gasteiger partial charge in [0.25, 0.3) is 5.56 Å². The number of fused-ring (bicyclic) bond motifs is 1. The zero-order valence-corrected chi connectivity index (χ0v) is 7.82. The smallest absolute Gasteiger partial charge is 0.254 e. The number of aliphatic hydroxyl groups is 1. The number of nitrogens with one attached hydrogen (secondary N) is 1. The number of aliphatic hydroxyl groups excluding tert-OH is 1. The highest BCUT2D eigenvalue weighted by Crippen LogP contribution is 2.04. The van der Waals surface area contributed by atoms with E-state index in [4.69, 9.17) is 5.11 Å². The fourth-order valence-corrected chi connectivity index (χ4v) is 1.56. The summed E-state index contributed by atoms with van der Waals surface area (Å²) >= 11 is 0. The second-order valence-electron chi connectivity index (χ2n) is 3.12. The first kappa shape index (κ1) is 8.96. The predicted octanol–water partition coefficient (Wildman–Crippen LogP) is -0.134. The van der Waals surface area contributed by atoms with Crippen molar-refractivity contribution in [1.29, 1.82) is 0 Å². The van der Waals surface area contributed by atoms with Crippen molar-refractivity contribution in [3.05, 3.63) is 33.9 Å². The van der Waals surface area contributed by atoms with E-state index in [1.807, 2.05) is 6.92 Å². The molecule has 74 valence electrons. The number of hydrogen-bond acceptors (Lipinski definition) is 3. The van der Waals surface area contributed by atoms with Crippen LogP contribution in [0.5, 0.6) is 0 Å². The zero-order chi connectivity index (χ0) is 10.1. The Kier molecular flexibility index (Phi) is 2.09. The van der Waals surface area contributed by atoms with Crippen LogP contribution in [0.4, 0.5) is 0 Å². The maximum atomic E-state index is 11.5. The standard InChI is InChI=1S/C9H11N3O2/c1-6-7(3-5-13)9(14)11-8-2-4-10-12(6)8/h2,4,13H,3,5H2,1H3,(H,11,14). The third kappa shape index (κ3) is 1.22. The van der Waals surface area contributed by atoms with Crippen molar-refractivity contribution in [2.24, 2.45) is 0 Å². The van der Waals surface area contributed by atoms with Crippen LogP contribution in [0.15, 0.2) is 17.1 Å². The number of aromatic amines is 1. The molecule has 0 spiro atoms. The normalized spacial score (nSPS) is 11.0. The van der Waals surface area contributed by atoms with Gasteiger partial charge in [0, 0.05) is 24.7 Å². The Morgan fingerprint density at radius 2 is 2.43 bits per heavy atom. The number of aryl methyl sites for hydroxylation is 1. The molecule has 2 N–H and O–H groups in total. The average Bonchev–Trinajstić information content (AvgIpc) is 2.60. The van der Waals surface area contributed by atoms with Crippen LogP contribution in [0.2, 0.25) is 0 Å². The largest absolute Gasteiger partial charge is 0.396 e. The lowest BCUT2D eigenvalue weighted by Gasteiger charge is -2.04. The van der Waals surface area contributed by atoms with Crippen molar-refractivity contribution in [2.45, 2.75) is 13.3 Å². The molecule has 5 heteroatoms. The Hall–Kier alpha value is -1.62. The molecule has 0 saturated heterocycles. The summed E-state index contributed by atoms with van der Waals surface area (Å²) < 4.78 is 1.66. The van der Waals surface area contributed by atoms with E-state index >= 15 is 0 Å². The van der Waals surface area contributed by atoms with E-state index in [-0.39, 0.29) is 12.2 Å². The highest BCUT2D eigenvalue weighted by atomic mass is 16.3. The SMILES string of the molecule is Cc1c(CCO)c(=O)[nH]c2ccnn12. The van der Waals surface area contributed by atoms with Gasteiger partial charge in [-0.25, -0.2) is 4.52 Å². The highest BCUT2D eigenvalue weighted by Gasteiger charge is 2.08. The molecule has 2 heterocycles. The van der Waals surface area contributed by atoms with Gasteiger partial charge in [0.2, 0.25) is 0 Å². The van der Waals surface area contributed by atoms with Crippen molar-refractivity contribution in [1.82, 2.24) is 14.6 Å². The molecule has 0 amide bonds. The van der Waals surface area contributed by atoms with Gasteiger partial charge in [0.15, 0.2) is 0 Å². The van der Waals surface area contributed by atoms with E-state index in [1.54, 1.807) is 16.8 Å². The summed E-state index contributed by atoms with van der Waals surface area (Å²) in [5.74, 6) is 0. The van der Waals surface area contributed by atoms with Crippen LogP contribution in [0.1, 0.15) is 11.3 Å². The molecule has 0 aromatic carbocycles. The number of nitrogens with zero attached hydrogens (tertiary/aromatic N) is 2. The van der Waals surface area contributed by atoms with E-state index in [2.05, 4.69) is 10.1 Å². The summed E-state index contributed by atoms with van der Waals surface area (Å²) in [5.41, 5.74) is 1.89. The van der Waals surface area contributed by atoms with Crippen molar-refractivity contribution in [3.63, 3.8) is 0 Å². The summed E-state index contributed by atoms with van der Waals surface area (Å²) in [6.45, 7) is 1.79. The Bertz CT molecular complexity index is 512. The minimum absolute atomic E-state index is 0.0311. The molecule has 5 nitrogen and oxygen atoms in total. The summed E-state index contributed by atoms with van der Waals surface area (Å²) in [6.07, 6.45) is 1.98. The van der Waals surface area contributed by atoms with E-state index in [0.717, 1.165) is 5.69 Å². The lowest BCUT2D eigenvalue weighted by Crippen LogP contribution is -2.19. The van der Waals surface area contributed by atoms with Crippen LogP contribution >= 0.6 is 0 Å². The first-order chi connectivity index (χ1) is 6.74. The minimum atomic E-state index is -0.149. The molecule has 0 bridgehead atoms. The van der Waals surface area contributed by atoms with Crippen LogP contribution < -0.4 is 5.56 Å². The second-order valence-corrected chi connectivity index (χ2v) is 3.12. The van der Waals surface area contributed by atoms with Gasteiger partial charge in [-0.05, 0) is 6.92 Å². The van der Waals surface area contributed by atoms with Crippen LogP contribution in [-0.2, 0) is 6.42 Å². The molecule has 2 aromatic heterocycles. The van der Waals surface area contributed by atoms with Gasteiger partial charge in [-0.3, -0.25) is 4.79 Å². The summed E-state index contributed by atoms with van der Waals surface area (Å²) in [5, 5.41) is 12.9. The van der Waals surface area contributed by atoms with Gasteiger partial charge in [0.05, 0.1) is 11.9 Å². The molecule has 2 aromatic rings. The number of aromatic nitrogens is 3. The third-order valence-corrected chi connectivity index (χ3v) is 2.27. The van der Waals surface area contributed by atoms with Gasteiger partial charge in [-0.15, -0.1) is 0 Å². The van der Waals surface area contributed by atoms with Gasteiger partial charge in [0.1, 0.15) is 5.65 Å². The lowest BCUT2D eigenvalue weighted by atomic mass is 10.2. The maximum Gasteiger partial charge on any atom is 0.254 e. The molecule has 0 fully saturated rings. The number of rotatable bonds is 2. The summed E-state index contributed by atoms with van der Waals surface area (Å²) in [7, 11) is 0. The highest BCUT2D eigenvalue weighted by molar-refractivity contribution is 5.39. The first-order valence-electron chi connectivity index (χ1n) is 4.40. The number of hydrogen-bond donors (Lipinski definition) is 2. The molecule has 0 aliphatic carbocycles. The Labute approximate surface area is 80.0 Å². The molecule has 0 aliphatic rings. The van der Waals surface area contributed by atoms with Crippen LogP contribution in [-0.4, -0.2) is 26.3 Å². The molecule has 0 aliphatic heterocycles. The Morgan fingerprint density at radius 3 is 3.14 bits per heavy atom. The molecule has 2 rings (SSSR count). The molecule has 0 unspecified atom stereocenters. The molecular formula is C9H11N3O2. The van der Waals surface area contributed by atoms with E-state index in [9.17, 15) is 4.79 Å². The molecule has 0 radical (unpaired) electrons. The Balaban J connectivity index is 2.75. The molecule has 0 atom stereocenters.